The van der Waals surface area contributed by atoms with Gasteiger partial charge in [-0.3, -0.25) is 28.9 Å². The number of aromatic nitrogens is 3. The Kier molecular flexibility index (Phi) is 19.4. The van der Waals surface area contributed by atoms with Crippen LogP contribution in [-0.4, -0.2) is 144 Å². The fourth-order valence-corrected chi connectivity index (χ4v) is 8.38. The zero-order valence-corrected chi connectivity index (χ0v) is 37.4. The second kappa shape index (κ2) is 23.4. The number of aromatic amines is 1. The van der Waals surface area contributed by atoms with E-state index < -0.39 is 48.3 Å². The van der Waals surface area contributed by atoms with Crippen LogP contribution < -0.4 is 16.0 Å². The third-order valence-electron chi connectivity index (χ3n) is 11.8. The molecule has 0 spiro atoms. The Balaban J connectivity index is 1.79. The lowest BCUT2D eigenvalue weighted by molar-refractivity contribution is -0.148. The van der Waals surface area contributed by atoms with Crippen LogP contribution in [0.25, 0.3) is 0 Å². The maximum atomic E-state index is 14.3. The lowest BCUT2D eigenvalue weighted by Crippen LogP contribution is -2.59. The molecule has 2 aromatic rings. The SMILES string of the molecule is CC[C@H](C)C(C(CC(=O)N1CCC[C@H]1[C@H](OC)[C@@H](C)C(=O)N[C@@H](Cc1ccccc1)C(=O)NCc1cn[nH]n1)OC)N(C)C(=O)[C@@H](NC(=O)[C@H](C(C)C)N(C)C)C(C)C. The highest BCUT2D eigenvalue weighted by Crippen LogP contribution is 2.30. The van der Waals surface area contributed by atoms with E-state index in [1.165, 1.54) is 13.3 Å². The Morgan fingerprint density at radius 1 is 0.915 bits per heavy atom. The van der Waals surface area contributed by atoms with Gasteiger partial charge < -0.3 is 35.2 Å². The van der Waals surface area contributed by atoms with E-state index in [4.69, 9.17) is 9.47 Å². The van der Waals surface area contributed by atoms with E-state index in [1.807, 2.05) is 90.9 Å². The third-order valence-corrected chi connectivity index (χ3v) is 11.8. The molecule has 1 saturated heterocycles. The van der Waals surface area contributed by atoms with E-state index in [2.05, 4.69) is 31.4 Å². The highest BCUT2D eigenvalue weighted by molar-refractivity contribution is 5.90. The Morgan fingerprint density at radius 3 is 2.14 bits per heavy atom. The maximum absolute atomic E-state index is 14.3. The van der Waals surface area contributed by atoms with Crippen molar-refractivity contribution in [1.82, 2.24) is 46.1 Å². The van der Waals surface area contributed by atoms with Crippen molar-refractivity contribution in [3.05, 3.63) is 47.8 Å². The molecule has 4 N–H and O–H groups in total. The normalized spacial score (nSPS) is 18.4. The lowest BCUT2D eigenvalue weighted by Gasteiger charge is -2.41. The summed E-state index contributed by atoms with van der Waals surface area (Å²) in [5.41, 5.74) is 1.43. The average molecular weight is 826 g/mol. The zero-order chi connectivity index (χ0) is 44.0. The number of nitrogens with one attached hydrogen (secondary N) is 4. The monoisotopic (exact) mass is 826 g/mol. The Morgan fingerprint density at radius 2 is 1.59 bits per heavy atom. The van der Waals surface area contributed by atoms with Gasteiger partial charge in [0.05, 0.1) is 55.4 Å². The molecule has 59 heavy (non-hydrogen) atoms. The van der Waals surface area contributed by atoms with E-state index in [0.717, 1.165) is 18.4 Å². The summed E-state index contributed by atoms with van der Waals surface area (Å²) in [4.78, 5) is 74.8. The number of rotatable bonds is 23. The molecule has 1 fully saturated rings. The number of amides is 5. The molecule has 0 aliphatic carbocycles. The van der Waals surface area contributed by atoms with E-state index >= 15 is 0 Å². The smallest absolute Gasteiger partial charge is 0.245 e. The van der Waals surface area contributed by atoms with Gasteiger partial charge in [0.15, 0.2) is 0 Å². The van der Waals surface area contributed by atoms with Crippen LogP contribution in [0.1, 0.15) is 85.4 Å². The number of ether oxygens (including phenoxy) is 2. The standard InChI is InChI=1S/C43H71N9O7/c1-13-28(6)38(51(10)43(57)36(26(2)3)47-42(56)37(27(4)5)50(8)9)34(58-11)23-35(53)52-21-17-20-33(52)39(59-12)29(7)40(54)46-32(22-30-18-15-14-16-19-30)41(55)44-24-31-25-45-49-48-31/h14-16,18-19,25-29,32-34,36-39H,13,17,20-24H2,1-12H3,(H,44,55)(H,46,54)(H,47,56)(H,45,48,49)/t28-,29+,32-,33-,34?,36-,37-,38?,39+/m0/s1. The first-order chi connectivity index (χ1) is 28.0. The van der Waals surface area contributed by atoms with Crippen LogP contribution in [0.5, 0.6) is 0 Å². The molecule has 1 aliphatic heterocycles. The van der Waals surface area contributed by atoms with Gasteiger partial charge in [0.1, 0.15) is 17.8 Å². The molecule has 3 rings (SSSR count). The molecule has 1 aromatic heterocycles. The largest absolute Gasteiger partial charge is 0.379 e. The topological polar surface area (TPSA) is 191 Å². The number of methoxy groups -OCH3 is 2. The predicted octanol–water partition coefficient (Wildman–Crippen LogP) is 2.80. The molecule has 5 amide bonds. The van der Waals surface area contributed by atoms with Crippen molar-refractivity contribution < 1.29 is 33.4 Å². The number of hydrogen-bond acceptors (Lipinski definition) is 10. The molecule has 0 radical (unpaired) electrons. The van der Waals surface area contributed by atoms with Crippen LogP contribution in [0.2, 0.25) is 0 Å². The van der Waals surface area contributed by atoms with Crippen molar-refractivity contribution >= 4 is 29.5 Å². The first kappa shape index (κ1) is 49.0. The zero-order valence-electron chi connectivity index (χ0n) is 37.4. The van der Waals surface area contributed by atoms with Crippen LogP contribution in [-0.2, 0) is 46.4 Å². The van der Waals surface area contributed by atoms with Gasteiger partial charge in [-0.05, 0) is 50.3 Å². The molecule has 0 bridgehead atoms. The molecule has 330 valence electrons. The highest BCUT2D eigenvalue weighted by atomic mass is 16.5. The minimum absolute atomic E-state index is 0.00373. The van der Waals surface area contributed by atoms with Crippen LogP contribution in [0.3, 0.4) is 0 Å². The fraction of sp³-hybridized carbons (Fsp3) is 0.698. The van der Waals surface area contributed by atoms with Gasteiger partial charge in [-0.2, -0.15) is 15.4 Å². The molecule has 2 unspecified atom stereocenters. The molecule has 9 atom stereocenters. The molecule has 2 heterocycles. The quantitative estimate of drug-likeness (QED) is 0.130. The number of carbonyl (C=O) groups excluding carboxylic acids is 5. The van der Waals surface area contributed by atoms with Crippen LogP contribution in [0, 0.1) is 23.7 Å². The summed E-state index contributed by atoms with van der Waals surface area (Å²) in [6.07, 6.45) is 2.52. The van der Waals surface area contributed by atoms with E-state index in [9.17, 15) is 24.0 Å². The van der Waals surface area contributed by atoms with Crippen molar-refractivity contribution in [2.45, 2.75) is 130 Å². The second-order valence-electron chi connectivity index (χ2n) is 16.9. The maximum Gasteiger partial charge on any atom is 0.245 e. The number of nitrogens with zero attached hydrogens (tertiary/aromatic N) is 5. The molecular formula is C43H71N9O7. The van der Waals surface area contributed by atoms with Crippen molar-refractivity contribution in [1.29, 1.82) is 0 Å². The minimum atomic E-state index is -0.883. The highest BCUT2D eigenvalue weighted by Gasteiger charge is 2.43. The first-order valence-electron chi connectivity index (χ1n) is 21.0. The van der Waals surface area contributed by atoms with E-state index in [0.29, 0.717) is 18.7 Å². The minimum Gasteiger partial charge on any atom is -0.379 e. The van der Waals surface area contributed by atoms with Crippen molar-refractivity contribution in [2.75, 3.05) is 41.9 Å². The molecule has 0 saturated carbocycles. The number of hydrogen-bond donors (Lipinski definition) is 4. The van der Waals surface area contributed by atoms with Gasteiger partial charge in [-0.15, -0.1) is 0 Å². The number of H-pyrrole nitrogens is 1. The van der Waals surface area contributed by atoms with Gasteiger partial charge in [0, 0.05) is 34.2 Å². The lowest BCUT2D eigenvalue weighted by atomic mass is 9.89. The summed E-state index contributed by atoms with van der Waals surface area (Å²) in [6, 6.07) is 6.48. The van der Waals surface area contributed by atoms with E-state index in [1.54, 1.807) is 30.9 Å². The van der Waals surface area contributed by atoms with Gasteiger partial charge in [-0.25, -0.2) is 0 Å². The van der Waals surface area contributed by atoms with Crippen molar-refractivity contribution in [3.63, 3.8) is 0 Å². The van der Waals surface area contributed by atoms with Crippen molar-refractivity contribution in [3.8, 4) is 0 Å². The summed E-state index contributed by atoms with van der Waals surface area (Å²) < 4.78 is 12.0. The fourth-order valence-electron chi connectivity index (χ4n) is 8.38. The first-order valence-corrected chi connectivity index (χ1v) is 21.0. The van der Waals surface area contributed by atoms with Gasteiger partial charge >= 0.3 is 0 Å². The molecular weight excluding hydrogens is 755 g/mol. The van der Waals surface area contributed by atoms with Crippen LogP contribution in [0.15, 0.2) is 36.5 Å². The molecule has 1 aromatic carbocycles. The molecule has 1 aliphatic rings. The van der Waals surface area contributed by atoms with E-state index in [-0.39, 0.29) is 66.7 Å². The average Bonchev–Trinajstić information content (AvgIpc) is 3.91. The summed E-state index contributed by atoms with van der Waals surface area (Å²) >= 11 is 0. The predicted molar refractivity (Wildman–Crippen MR) is 226 cm³/mol. The summed E-state index contributed by atoms with van der Waals surface area (Å²) in [5.74, 6) is -2.30. The Labute approximate surface area is 351 Å². The number of likely N-dealkylation sites (tertiary alicyclic amines) is 1. The Bertz CT molecular complexity index is 1620. The summed E-state index contributed by atoms with van der Waals surface area (Å²) in [7, 11) is 8.51. The number of carbonyl (C=O) groups is 5. The van der Waals surface area contributed by atoms with Crippen LogP contribution in [0.4, 0.5) is 0 Å². The van der Waals surface area contributed by atoms with Gasteiger partial charge in [-0.1, -0.05) is 85.2 Å². The number of likely N-dealkylation sites (N-methyl/N-ethyl adjacent to an activating group) is 2. The van der Waals surface area contributed by atoms with Crippen molar-refractivity contribution in [2.24, 2.45) is 23.7 Å². The van der Waals surface area contributed by atoms with Gasteiger partial charge in [0.2, 0.25) is 29.5 Å². The molecule has 16 heteroatoms. The number of benzene rings is 1. The summed E-state index contributed by atoms with van der Waals surface area (Å²) in [6.45, 7) is 14.2. The second-order valence-corrected chi connectivity index (χ2v) is 16.9. The van der Waals surface area contributed by atoms with Crippen LogP contribution >= 0.6 is 0 Å². The summed E-state index contributed by atoms with van der Waals surface area (Å²) in [5, 5.41) is 19.1. The third kappa shape index (κ3) is 13.3. The Hall–Kier alpha value is -4.41. The molecule has 16 nitrogen and oxygen atoms in total. The van der Waals surface area contributed by atoms with Gasteiger partial charge in [0.25, 0.3) is 0 Å².